The van der Waals surface area contributed by atoms with Crippen molar-refractivity contribution in [2.24, 2.45) is 5.92 Å². The Hall–Kier alpha value is -2.70. The van der Waals surface area contributed by atoms with E-state index in [0.717, 1.165) is 31.2 Å². The summed E-state index contributed by atoms with van der Waals surface area (Å²) in [5.74, 6) is -0.122. The lowest BCUT2D eigenvalue weighted by atomic mass is 9.93. The number of H-pyrrole nitrogens is 1. The molecule has 2 amide bonds. The number of aromatic nitrogens is 3. The predicted molar refractivity (Wildman–Crippen MR) is 105 cm³/mol. The summed E-state index contributed by atoms with van der Waals surface area (Å²) in [6, 6.07) is 5.81. The number of nitrogens with one attached hydrogen (secondary N) is 2. The predicted octanol–water partition coefficient (Wildman–Crippen LogP) is 2.77. The van der Waals surface area contributed by atoms with Crippen molar-refractivity contribution in [3.8, 4) is 11.3 Å². The Labute approximate surface area is 164 Å². The van der Waals surface area contributed by atoms with Crippen LogP contribution in [0.3, 0.4) is 0 Å². The molecule has 1 aliphatic carbocycles. The monoisotopic (exact) mass is 381 g/mol. The molecule has 7 nitrogen and oxygen atoms in total. The zero-order valence-electron chi connectivity index (χ0n) is 16.1. The summed E-state index contributed by atoms with van der Waals surface area (Å²) >= 11 is 0. The number of piperidine rings is 1. The second kappa shape index (κ2) is 8.54. The summed E-state index contributed by atoms with van der Waals surface area (Å²) in [7, 11) is 0. The van der Waals surface area contributed by atoms with Crippen molar-refractivity contribution in [1.29, 1.82) is 0 Å². The number of hydrogen-bond acceptors (Lipinski definition) is 4. The van der Waals surface area contributed by atoms with Gasteiger partial charge in [0.2, 0.25) is 5.91 Å². The first-order valence-corrected chi connectivity index (χ1v) is 10.3. The fraction of sp³-hybridized carbons (Fsp3) is 0.524. The SMILES string of the molecule is O=C(NC1CCCCC1)C1CCCN(C(=O)c2cc(-c3cccnc3)n[nH]2)C1. The third-order valence-electron chi connectivity index (χ3n) is 5.80. The summed E-state index contributed by atoms with van der Waals surface area (Å²) in [4.78, 5) is 31.5. The van der Waals surface area contributed by atoms with Gasteiger partial charge < -0.3 is 10.2 Å². The van der Waals surface area contributed by atoms with Crippen molar-refractivity contribution < 1.29 is 9.59 Å². The maximum Gasteiger partial charge on any atom is 0.271 e. The Bertz CT molecular complexity index is 813. The zero-order valence-corrected chi connectivity index (χ0v) is 16.1. The van der Waals surface area contributed by atoms with Gasteiger partial charge in [0.05, 0.1) is 11.6 Å². The van der Waals surface area contributed by atoms with Gasteiger partial charge in [-0.1, -0.05) is 19.3 Å². The molecule has 2 aromatic rings. The lowest BCUT2D eigenvalue weighted by Gasteiger charge is -2.33. The van der Waals surface area contributed by atoms with E-state index in [-0.39, 0.29) is 17.7 Å². The third kappa shape index (κ3) is 4.24. The lowest BCUT2D eigenvalue weighted by Crippen LogP contribution is -2.48. The molecule has 7 heteroatoms. The van der Waals surface area contributed by atoms with E-state index in [0.29, 0.717) is 30.5 Å². The summed E-state index contributed by atoms with van der Waals surface area (Å²) < 4.78 is 0. The summed E-state index contributed by atoms with van der Waals surface area (Å²) in [6.07, 6.45) is 10.9. The molecule has 2 N–H and O–H groups in total. The van der Waals surface area contributed by atoms with E-state index in [2.05, 4.69) is 20.5 Å². The van der Waals surface area contributed by atoms with Crippen LogP contribution in [0.4, 0.5) is 0 Å². The number of pyridine rings is 1. The first kappa shape index (κ1) is 18.7. The van der Waals surface area contributed by atoms with Gasteiger partial charge in [0.15, 0.2) is 0 Å². The number of amides is 2. The molecule has 28 heavy (non-hydrogen) atoms. The average Bonchev–Trinajstić information content (AvgIpc) is 3.25. The molecule has 4 rings (SSSR count). The molecular formula is C21H27N5O2. The Balaban J connectivity index is 1.38. The quantitative estimate of drug-likeness (QED) is 0.852. The first-order valence-electron chi connectivity index (χ1n) is 10.3. The van der Waals surface area contributed by atoms with E-state index in [9.17, 15) is 9.59 Å². The fourth-order valence-electron chi connectivity index (χ4n) is 4.21. The van der Waals surface area contributed by atoms with Crippen LogP contribution in [0.15, 0.2) is 30.6 Å². The van der Waals surface area contributed by atoms with Crippen molar-refractivity contribution in [1.82, 2.24) is 25.4 Å². The Kier molecular flexibility index (Phi) is 5.69. The minimum absolute atomic E-state index is 0.0993. The molecule has 1 unspecified atom stereocenters. The number of nitrogens with zero attached hydrogens (tertiary/aromatic N) is 3. The maximum atomic E-state index is 12.9. The Morgan fingerprint density at radius 2 is 2.00 bits per heavy atom. The van der Waals surface area contributed by atoms with Crippen LogP contribution in [-0.2, 0) is 4.79 Å². The molecule has 0 bridgehead atoms. The molecular weight excluding hydrogens is 354 g/mol. The third-order valence-corrected chi connectivity index (χ3v) is 5.80. The van der Waals surface area contributed by atoms with Crippen molar-refractivity contribution in [3.05, 3.63) is 36.3 Å². The smallest absolute Gasteiger partial charge is 0.271 e. The van der Waals surface area contributed by atoms with E-state index in [4.69, 9.17) is 0 Å². The highest BCUT2D eigenvalue weighted by Gasteiger charge is 2.30. The molecule has 1 atom stereocenters. The number of likely N-dealkylation sites (tertiary alicyclic amines) is 1. The van der Waals surface area contributed by atoms with Gasteiger partial charge in [-0.3, -0.25) is 19.7 Å². The van der Waals surface area contributed by atoms with Crippen molar-refractivity contribution in [2.75, 3.05) is 13.1 Å². The molecule has 0 radical (unpaired) electrons. The highest BCUT2D eigenvalue weighted by atomic mass is 16.2. The minimum Gasteiger partial charge on any atom is -0.353 e. The highest BCUT2D eigenvalue weighted by molar-refractivity contribution is 5.94. The van der Waals surface area contributed by atoms with Crippen molar-refractivity contribution in [2.45, 2.75) is 51.0 Å². The standard InChI is InChI=1S/C21H27N5O2/c27-20(23-17-8-2-1-3-9-17)16-7-5-11-26(14-16)21(28)19-12-18(24-25-19)15-6-4-10-22-13-15/h4,6,10,12-13,16-17H,1-3,5,7-9,11,14H2,(H,23,27)(H,24,25). The van der Waals surface area contributed by atoms with Gasteiger partial charge >= 0.3 is 0 Å². The number of aromatic amines is 1. The lowest BCUT2D eigenvalue weighted by molar-refractivity contribution is -0.127. The molecule has 2 fully saturated rings. The van der Waals surface area contributed by atoms with Crippen molar-refractivity contribution in [3.63, 3.8) is 0 Å². The van der Waals surface area contributed by atoms with Crippen LogP contribution < -0.4 is 5.32 Å². The Morgan fingerprint density at radius 3 is 2.79 bits per heavy atom. The molecule has 1 saturated heterocycles. The van der Waals surface area contributed by atoms with E-state index in [1.807, 2.05) is 12.1 Å². The Morgan fingerprint density at radius 1 is 1.14 bits per heavy atom. The molecule has 1 saturated carbocycles. The van der Waals surface area contributed by atoms with Gasteiger partial charge in [-0.15, -0.1) is 0 Å². The van der Waals surface area contributed by atoms with Gasteiger partial charge in [0.1, 0.15) is 5.69 Å². The second-order valence-corrected chi connectivity index (χ2v) is 7.84. The minimum atomic E-state index is -0.125. The second-order valence-electron chi connectivity index (χ2n) is 7.84. The van der Waals surface area contributed by atoms with E-state index in [1.54, 1.807) is 23.4 Å². The number of rotatable bonds is 4. The summed E-state index contributed by atoms with van der Waals surface area (Å²) in [6.45, 7) is 1.14. The maximum absolute atomic E-state index is 12.9. The van der Waals surface area contributed by atoms with Crippen LogP contribution in [0, 0.1) is 5.92 Å². The molecule has 2 aliphatic rings. The van der Waals surface area contributed by atoms with Crippen LogP contribution in [0.5, 0.6) is 0 Å². The van der Waals surface area contributed by atoms with Gasteiger partial charge in [0.25, 0.3) is 5.91 Å². The molecule has 3 heterocycles. The van der Waals surface area contributed by atoms with Gasteiger partial charge in [-0.2, -0.15) is 5.10 Å². The number of carbonyl (C=O) groups excluding carboxylic acids is 2. The van der Waals surface area contributed by atoms with Crippen LogP contribution in [-0.4, -0.2) is 51.0 Å². The van der Waals surface area contributed by atoms with E-state index >= 15 is 0 Å². The van der Waals surface area contributed by atoms with Gasteiger partial charge in [-0.05, 0) is 43.9 Å². The van der Waals surface area contributed by atoms with E-state index in [1.165, 1.54) is 19.3 Å². The first-order chi connectivity index (χ1) is 13.7. The highest BCUT2D eigenvalue weighted by Crippen LogP contribution is 2.22. The number of hydrogen-bond donors (Lipinski definition) is 2. The molecule has 1 aliphatic heterocycles. The van der Waals surface area contributed by atoms with Crippen LogP contribution in [0.2, 0.25) is 0 Å². The average molecular weight is 381 g/mol. The number of carbonyl (C=O) groups is 2. The van der Waals surface area contributed by atoms with E-state index < -0.39 is 0 Å². The topological polar surface area (TPSA) is 91.0 Å². The molecule has 0 spiro atoms. The summed E-state index contributed by atoms with van der Waals surface area (Å²) in [5.41, 5.74) is 2.01. The van der Waals surface area contributed by atoms with Gasteiger partial charge in [0, 0.05) is 37.1 Å². The van der Waals surface area contributed by atoms with Crippen LogP contribution in [0.25, 0.3) is 11.3 Å². The van der Waals surface area contributed by atoms with Crippen molar-refractivity contribution >= 4 is 11.8 Å². The molecule has 2 aromatic heterocycles. The summed E-state index contributed by atoms with van der Waals surface area (Å²) in [5, 5.41) is 10.3. The largest absolute Gasteiger partial charge is 0.353 e. The van der Waals surface area contributed by atoms with Crippen LogP contribution in [0.1, 0.15) is 55.4 Å². The molecule has 148 valence electrons. The normalized spacial score (nSPS) is 20.7. The zero-order chi connectivity index (χ0) is 19.3. The van der Waals surface area contributed by atoms with Crippen LogP contribution >= 0.6 is 0 Å². The fourth-order valence-corrected chi connectivity index (χ4v) is 4.21. The van der Waals surface area contributed by atoms with Gasteiger partial charge in [-0.25, -0.2) is 0 Å². The molecule has 0 aromatic carbocycles.